The maximum absolute atomic E-state index is 12.1. The normalized spacial score (nSPS) is 11.6. The molecule has 5 N–H and O–H groups in total. The number of carbonyl (C=O) groups is 2. The monoisotopic (exact) mass is 259 g/mol. The molecule has 0 saturated heterocycles. The first-order valence-electron chi connectivity index (χ1n) is 5.57. The molecule has 0 aliphatic heterocycles. The van der Waals surface area contributed by atoms with Crippen LogP contribution in [-0.4, -0.2) is 22.1 Å². The van der Waals surface area contributed by atoms with Crippen LogP contribution in [0, 0.1) is 0 Å². The smallest absolute Gasteiger partial charge is 0.313 e. The van der Waals surface area contributed by atoms with Crippen LogP contribution < -0.4 is 16.4 Å². The first-order valence-corrected chi connectivity index (χ1v) is 5.57. The molecule has 1 heterocycles. The first kappa shape index (κ1) is 12.6. The van der Waals surface area contributed by atoms with E-state index in [1.54, 1.807) is 24.3 Å². The minimum atomic E-state index is -0.853. The molecular formula is C12H13N5O2. The van der Waals surface area contributed by atoms with Crippen LogP contribution in [0.1, 0.15) is 11.6 Å². The predicted octanol–water partition coefficient (Wildman–Crippen LogP) is 0.758. The van der Waals surface area contributed by atoms with Gasteiger partial charge in [0.15, 0.2) is 0 Å². The van der Waals surface area contributed by atoms with Crippen molar-refractivity contribution in [3.8, 4) is 0 Å². The third-order valence-electron chi connectivity index (χ3n) is 2.45. The summed E-state index contributed by atoms with van der Waals surface area (Å²) in [4.78, 5) is 23.1. The average Bonchev–Trinajstić information content (AvgIpc) is 2.89. The Kier molecular flexibility index (Phi) is 3.77. The molecular weight excluding hydrogens is 246 g/mol. The van der Waals surface area contributed by atoms with E-state index in [1.807, 2.05) is 6.07 Å². The highest BCUT2D eigenvalue weighted by Gasteiger charge is 2.21. The number of anilines is 1. The third kappa shape index (κ3) is 3.32. The zero-order chi connectivity index (χ0) is 13.7. The van der Waals surface area contributed by atoms with Crippen LogP contribution in [0.4, 0.5) is 10.5 Å². The Bertz CT molecular complexity index is 553. The predicted molar refractivity (Wildman–Crippen MR) is 69.1 cm³/mol. The number of hydrogen-bond donors (Lipinski definition) is 4. The van der Waals surface area contributed by atoms with E-state index in [0.29, 0.717) is 11.3 Å². The SMILES string of the molecule is NC(=O)NC(C(=O)Nc1cn[nH]c1)c1ccccc1. The number of rotatable bonds is 4. The topological polar surface area (TPSA) is 113 Å². The molecule has 7 heteroatoms. The van der Waals surface area contributed by atoms with Gasteiger partial charge in [-0.25, -0.2) is 4.79 Å². The van der Waals surface area contributed by atoms with Gasteiger partial charge in [-0.3, -0.25) is 9.89 Å². The van der Waals surface area contributed by atoms with E-state index in [-0.39, 0.29) is 0 Å². The highest BCUT2D eigenvalue weighted by molar-refractivity contribution is 5.97. The second-order valence-corrected chi connectivity index (χ2v) is 3.83. The van der Waals surface area contributed by atoms with E-state index in [9.17, 15) is 9.59 Å². The van der Waals surface area contributed by atoms with E-state index in [1.165, 1.54) is 12.4 Å². The van der Waals surface area contributed by atoms with E-state index in [2.05, 4.69) is 20.8 Å². The molecule has 0 aliphatic carbocycles. The number of urea groups is 1. The van der Waals surface area contributed by atoms with Gasteiger partial charge in [0.05, 0.1) is 11.9 Å². The van der Waals surface area contributed by atoms with E-state index >= 15 is 0 Å². The van der Waals surface area contributed by atoms with Gasteiger partial charge >= 0.3 is 6.03 Å². The molecule has 1 aromatic heterocycles. The molecule has 2 rings (SSSR count). The molecule has 0 aliphatic rings. The number of nitrogens with one attached hydrogen (secondary N) is 3. The highest BCUT2D eigenvalue weighted by atomic mass is 16.2. The number of nitrogens with zero attached hydrogens (tertiary/aromatic N) is 1. The van der Waals surface area contributed by atoms with Crippen molar-refractivity contribution in [2.24, 2.45) is 5.73 Å². The molecule has 0 saturated carbocycles. The summed E-state index contributed by atoms with van der Waals surface area (Å²) in [6.07, 6.45) is 2.99. The summed E-state index contributed by atoms with van der Waals surface area (Å²) >= 11 is 0. The van der Waals surface area contributed by atoms with Crippen molar-refractivity contribution in [2.75, 3.05) is 5.32 Å². The summed E-state index contributed by atoms with van der Waals surface area (Å²) in [6, 6.07) is 7.21. The fraction of sp³-hybridized carbons (Fsp3) is 0.0833. The number of primary amides is 1. The van der Waals surface area contributed by atoms with E-state index in [0.717, 1.165) is 0 Å². The van der Waals surface area contributed by atoms with Gasteiger partial charge in [0.1, 0.15) is 6.04 Å². The molecule has 0 radical (unpaired) electrons. The van der Waals surface area contributed by atoms with Crippen molar-refractivity contribution in [1.29, 1.82) is 0 Å². The van der Waals surface area contributed by atoms with Gasteiger partial charge in [0, 0.05) is 6.20 Å². The molecule has 19 heavy (non-hydrogen) atoms. The summed E-state index contributed by atoms with van der Waals surface area (Å²) in [5, 5.41) is 11.3. The molecule has 1 unspecified atom stereocenters. The van der Waals surface area contributed by atoms with Gasteiger partial charge in [-0.1, -0.05) is 30.3 Å². The molecule has 98 valence electrons. The fourth-order valence-corrected chi connectivity index (χ4v) is 1.62. The second kappa shape index (κ2) is 5.67. The van der Waals surface area contributed by atoms with Crippen LogP contribution in [0.15, 0.2) is 42.7 Å². The Labute approximate surface area is 109 Å². The summed E-state index contributed by atoms with van der Waals surface area (Å²) < 4.78 is 0. The van der Waals surface area contributed by atoms with Gasteiger partial charge in [0.25, 0.3) is 5.91 Å². The summed E-state index contributed by atoms with van der Waals surface area (Å²) in [6.45, 7) is 0. The summed E-state index contributed by atoms with van der Waals surface area (Å²) in [5.74, 6) is -0.397. The maximum atomic E-state index is 12.1. The summed E-state index contributed by atoms with van der Waals surface area (Å²) in [7, 11) is 0. The fourth-order valence-electron chi connectivity index (χ4n) is 1.62. The number of nitrogens with two attached hydrogens (primary N) is 1. The third-order valence-corrected chi connectivity index (χ3v) is 2.45. The lowest BCUT2D eigenvalue weighted by atomic mass is 10.1. The molecule has 1 aromatic carbocycles. The highest BCUT2D eigenvalue weighted by Crippen LogP contribution is 2.15. The van der Waals surface area contributed by atoms with E-state index in [4.69, 9.17) is 5.73 Å². The second-order valence-electron chi connectivity index (χ2n) is 3.83. The molecule has 3 amide bonds. The van der Waals surface area contributed by atoms with Crippen molar-refractivity contribution >= 4 is 17.6 Å². The van der Waals surface area contributed by atoms with Crippen LogP contribution >= 0.6 is 0 Å². The molecule has 2 aromatic rings. The Morgan fingerprint density at radius 2 is 2.00 bits per heavy atom. The van der Waals surface area contributed by atoms with E-state index < -0.39 is 18.0 Å². The lowest BCUT2D eigenvalue weighted by molar-refractivity contribution is -0.118. The molecule has 7 nitrogen and oxygen atoms in total. The largest absolute Gasteiger partial charge is 0.352 e. The van der Waals surface area contributed by atoms with Gasteiger partial charge in [-0.05, 0) is 5.56 Å². The quantitative estimate of drug-likeness (QED) is 0.650. The van der Waals surface area contributed by atoms with Gasteiger partial charge in [0.2, 0.25) is 0 Å². The Morgan fingerprint density at radius 1 is 1.26 bits per heavy atom. The maximum Gasteiger partial charge on any atom is 0.313 e. The standard InChI is InChI=1S/C12H13N5O2/c13-12(19)17-10(8-4-2-1-3-5-8)11(18)16-9-6-14-15-7-9/h1-7,10H,(H,14,15)(H,16,18)(H3,13,17,19). The van der Waals surface area contributed by atoms with Crippen LogP contribution in [0.25, 0.3) is 0 Å². The van der Waals surface area contributed by atoms with Gasteiger partial charge in [-0.15, -0.1) is 0 Å². The van der Waals surface area contributed by atoms with Crippen molar-refractivity contribution in [3.05, 3.63) is 48.3 Å². The lowest BCUT2D eigenvalue weighted by Crippen LogP contribution is -2.39. The van der Waals surface area contributed by atoms with Gasteiger partial charge in [-0.2, -0.15) is 5.10 Å². The Hall–Kier alpha value is -2.83. The minimum Gasteiger partial charge on any atom is -0.352 e. The number of aromatic nitrogens is 2. The number of carbonyl (C=O) groups excluding carboxylic acids is 2. The number of benzene rings is 1. The molecule has 0 bridgehead atoms. The number of amides is 3. The van der Waals surface area contributed by atoms with Gasteiger partial charge < -0.3 is 16.4 Å². The minimum absolute atomic E-state index is 0.397. The van der Waals surface area contributed by atoms with Crippen LogP contribution in [0.2, 0.25) is 0 Å². The molecule has 0 spiro atoms. The van der Waals surface area contributed by atoms with Crippen molar-refractivity contribution in [3.63, 3.8) is 0 Å². The summed E-state index contributed by atoms with van der Waals surface area (Å²) in [5.41, 5.74) is 6.25. The van der Waals surface area contributed by atoms with Crippen molar-refractivity contribution < 1.29 is 9.59 Å². The zero-order valence-corrected chi connectivity index (χ0v) is 9.96. The zero-order valence-electron chi connectivity index (χ0n) is 9.96. The number of hydrogen-bond acceptors (Lipinski definition) is 3. The number of aromatic amines is 1. The Balaban J connectivity index is 2.18. The Morgan fingerprint density at radius 3 is 2.58 bits per heavy atom. The van der Waals surface area contributed by atoms with Crippen LogP contribution in [0.5, 0.6) is 0 Å². The van der Waals surface area contributed by atoms with Crippen LogP contribution in [-0.2, 0) is 4.79 Å². The lowest BCUT2D eigenvalue weighted by Gasteiger charge is -2.16. The average molecular weight is 259 g/mol. The van der Waals surface area contributed by atoms with Crippen LogP contribution in [0.3, 0.4) is 0 Å². The first-order chi connectivity index (χ1) is 9.16. The molecule has 1 atom stereocenters. The van der Waals surface area contributed by atoms with Crippen molar-refractivity contribution in [2.45, 2.75) is 6.04 Å². The molecule has 0 fully saturated rings. The number of H-pyrrole nitrogens is 1. The van der Waals surface area contributed by atoms with Crippen molar-refractivity contribution in [1.82, 2.24) is 15.5 Å².